The molecule has 184 valence electrons. The first-order chi connectivity index (χ1) is 13.2. The number of hydrogen-bond donors (Lipinski definition) is 12. The van der Waals surface area contributed by atoms with Crippen LogP contribution >= 0.6 is 0 Å². The normalized spacial score (nSPS) is 11.8. The molecule has 29 heavy (non-hydrogen) atoms. The van der Waals surface area contributed by atoms with E-state index in [-0.39, 0.29) is 31.4 Å². The maximum Gasteiger partial charge on any atom is 0.0555 e. The van der Waals surface area contributed by atoms with Crippen molar-refractivity contribution in [2.24, 2.45) is 17.2 Å². The van der Waals surface area contributed by atoms with Gasteiger partial charge >= 0.3 is 0 Å². The van der Waals surface area contributed by atoms with Crippen molar-refractivity contribution in [3.63, 3.8) is 0 Å². The van der Waals surface area contributed by atoms with Crippen molar-refractivity contribution >= 4 is 0 Å². The van der Waals surface area contributed by atoms with Crippen molar-refractivity contribution in [3.05, 3.63) is 0 Å². The summed E-state index contributed by atoms with van der Waals surface area (Å²) in [7, 11) is 0. The van der Waals surface area contributed by atoms with Gasteiger partial charge in [0.05, 0.1) is 19.8 Å². The first-order valence-corrected chi connectivity index (χ1v) is 9.71. The minimum atomic E-state index is 0. The van der Waals surface area contributed by atoms with E-state index in [9.17, 15) is 0 Å². The second kappa shape index (κ2) is 45.9. The predicted molar refractivity (Wildman–Crippen MR) is 121 cm³/mol. The van der Waals surface area contributed by atoms with E-state index in [4.69, 9.17) is 32.5 Å². The minimum absolute atomic E-state index is 0. The van der Waals surface area contributed by atoms with E-state index in [1.54, 1.807) is 0 Å². The van der Waals surface area contributed by atoms with Gasteiger partial charge < -0.3 is 70.7 Å². The Hall–Kier alpha value is -0.520. The highest BCUT2D eigenvalue weighted by Gasteiger charge is 1.91. The van der Waals surface area contributed by atoms with Crippen molar-refractivity contribution in [3.8, 4) is 0 Å². The molecule has 0 aromatic heterocycles. The number of aliphatic hydroxyl groups excluding tert-OH is 3. The van der Waals surface area contributed by atoms with Gasteiger partial charge in [-0.05, 0) is 0 Å². The fourth-order valence-corrected chi connectivity index (χ4v) is 1.52. The van der Waals surface area contributed by atoms with Gasteiger partial charge in [-0.2, -0.15) is 0 Å². The van der Waals surface area contributed by atoms with Crippen LogP contribution in [0, 0.1) is 0 Å². The standard InChI is InChI=1S/C4H13N3.C4H12N2O.C4H10N2.C4H11NO2.H3N.H2O/c5-1-3-7-4-2-6;5-1-2-6-3-4-7;1-2-6-4-3-5-1;6-3-1-5-2-4-7;;/h7H,1-6H2;6-7H,1-5H2;5-6H,1-4H2;5-7H,1-4H2;1H3;1H2. The molecule has 0 spiro atoms. The summed E-state index contributed by atoms with van der Waals surface area (Å²) in [4.78, 5) is 0. The van der Waals surface area contributed by atoms with Gasteiger partial charge in [0.1, 0.15) is 0 Å². The Bertz CT molecular complexity index is 174. The maximum atomic E-state index is 8.19. The summed E-state index contributed by atoms with van der Waals surface area (Å²) in [6, 6.07) is 0. The van der Waals surface area contributed by atoms with Crippen molar-refractivity contribution in [2.75, 3.05) is 105 Å². The lowest BCUT2D eigenvalue weighted by Crippen LogP contribution is -2.39. The fourth-order valence-electron chi connectivity index (χ4n) is 1.52. The summed E-state index contributed by atoms with van der Waals surface area (Å²) in [5.41, 5.74) is 15.5. The molecule has 1 aliphatic rings. The molecule has 1 saturated heterocycles. The molecule has 0 saturated carbocycles. The molecule has 0 aliphatic carbocycles. The molecular formula is C16H51N9O4. The van der Waals surface area contributed by atoms with Crippen molar-refractivity contribution in [2.45, 2.75) is 0 Å². The van der Waals surface area contributed by atoms with Crippen LogP contribution in [0.2, 0.25) is 0 Å². The Morgan fingerprint density at radius 3 is 1.00 bits per heavy atom. The first kappa shape index (κ1) is 39.0. The molecular weight excluding hydrogens is 382 g/mol. The van der Waals surface area contributed by atoms with Crippen LogP contribution in [-0.2, 0) is 0 Å². The Morgan fingerprint density at radius 1 is 0.552 bits per heavy atom. The van der Waals surface area contributed by atoms with Crippen LogP contribution in [0.4, 0.5) is 0 Å². The third kappa shape index (κ3) is 58.4. The van der Waals surface area contributed by atoms with Gasteiger partial charge in [-0.3, -0.25) is 0 Å². The molecule has 0 unspecified atom stereocenters. The average Bonchev–Trinajstić information content (AvgIpc) is 2.72. The highest BCUT2D eigenvalue weighted by molar-refractivity contribution is 4.59. The zero-order chi connectivity index (χ0) is 20.8. The average molecular weight is 434 g/mol. The molecule has 1 aliphatic heterocycles. The summed E-state index contributed by atoms with van der Waals surface area (Å²) in [6.07, 6.45) is 0. The van der Waals surface area contributed by atoms with Gasteiger partial charge in [0.25, 0.3) is 0 Å². The lowest BCUT2D eigenvalue weighted by Gasteiger charge is -2.11. The first-order valence-electron chi connectivity index (χ1n) is 9.71. The van der Waals surface area contributed by atoms with E-state index in [1.807, 2.05) is 0 Å². The summed E-state index contributed by atoms with van der Waals surface area (Å²) in [5.74, 6) is 0. The molecule has 0 radical (unpaired) electrons. The number of aliphatic hydroxyl groups is 3. The van der Waals surface area contributed by atoms with E-state index in [0.717, 1.165) is 45.8 Å². The molecule has 0 amide bonds. The van der Waals surface area contributed by atoms with E-state index in [1.165, 1.54) is 0 Å². The SMILES string of the molecule is C1CNCCN1.N.NCCNCCN.NCCNCCO.O.OCCNCCO. The second-order valence-corrected chi connectivity index (χ2v) is 5.29. The van der Waals surface area contributed by atoms with Crippen LogP contribution in [0.1, 0.15) is 0 Å². The predicted octanol–water partition coefficient (Wildman–Crippen LogP) is -5.90. The lowest BCUT2D eigenvalue weighted by molar-refractivity contribution is 0.266. The van der Waals surface area contributed by atoms with Gasteiger partial charge in [0.2, 0.25) is 0 Å². The third-order valence-electron chi connectivity index (χ3n) is 2.79. The molecule has 1 fully saturated rings. The molecule has 0 aromatic rings. The van der Waals surface area contributed by atoms with Crippen LogP contribution in [0.25, 0.3) is 0 Å². The zero-order valence-electron chi connectivity index (χ0n) is 18.1. The summed E-state index contributed by atoms with van der Waals surface area (Å²) in [6.45, 7) is 11.4. The number of nitrogens with one attached hydrogen (secondary N) is 5. The molecule has 1 rings (SSSR count). The van der Waals surface area contributed by atoms with Gasteiger partial charge in [0, 0.05) is 85.1 Å². The van der Waals surface area contributed by atoms with Crippen LogP contribution in [0.5, 0.6) is 0 Å². The smallest absolute Gasteiger partial charge is 0.0555 e. The van der Waals surface area contributed by atoms with Crippen molar-refractivity contribution < 1.29 is 20.8 Å². The number of hydrogen-bond acceptors (Lipinski definition) is 12. The van der Waals surface area contributed by atoms with E-state index >= 15 is 0 Å². The lowest BCUT2D eigenvalue weighted by atomic mass is 10.4. The summed E-state index contributed by atoms with van der Waals surface area (Å²) >= 11 is 0. The molecule has 19 N–H and O–H groups in total. The van der Waals surface area contributed by atoms with E-state index < -0.39 is 0 Å². The second-order valence-electron chi connectivity index (χ2n) is 5.29. The molecule has 0 aromatic carbocycles. The van der Waals surface area contributed by atoms with Gasteiger partial charge in [-0.15, -0.1) is 0 Å². The number of nitrogens with two attached hydrogens (primary N) is 3. The van der Waals surface area contributed by atoms with Crippen LogP contribution in [-0.4, -0.2) is 126 Å². The monoisotopic (exact) mass is 433 g/mol. The maximum absolute atomic E-state index is 8.19. The minimum Gasteiger partial charge on any atom is -0.412 e. The molecule has 1 heterocycles. The Balaban J connectivity index is -0.0000000863. The highest BCUT2D eigenvalue weighted by atomic mass is 16.3. The van der Waals surface area contributed by atoms with Crippen LogP contribution in [0.3, 0.4) is 0 Å². The van der Waals surface area contributed by atoms with Crippen molar-refractivity contribution in [1.82, 2.24) is 32.7 Å². The summed E-state index contributed by atoms with van der Waals surface area (Å²) < 4.78 is 0. The summed E-state index contributed by atoms with van der Waals surface area (Å²) in [5, 5.41) is 39.7. The van der Waals surface area contributed by atoms with Crippen LogP contribution in [0.15, 0.2) is 0 Å². The van der Waals surface area contributed by atoms with Crippen molar-refractivity contribution in [1.29, 1.82) is 0 Å². The van der Waals surface area contributed by atoms with E-state index in [2.05, 4.69) is 26.6 Å². The Labute approximate surface area is 176 Å². The zero-order valence-corrected chi connectivity index (χ0v) is 18.1. The van der Waals surface area contributed by atoms with Gasteiger partial charge in [0.15, 0.2) is 0 Å². The Morgan fingerprint density at radius 2 is 0.793 bits per heavy atom. The number of piperazine rings is 1. The molecule has 13 heteroatoms. The quantitative estimate of drug-likeness (QED) is 0.128. The van der Waals surface area contributed by atoms with Gasteiger partial charge in [-0.1, -0.05) is 0 Å². The topological polar surface area (TPSA) is 265 Å². The van der Waals surface area contributed by atoms with Gasteiger partial charge in [-0.25, -0.2) is 0 Å². The van der Waals surface area contributed by atoms with E-state index in [0.29, 0.717) is 39.3 Å². The molecule has 13 nitrogen and oxygen atoms in total. The Kier molecular flexibility index (Phi) is 61.8. The molecule has 0 atom stereocenters. The fraction of sp³-hybridized carbons (Fsp3) is 1.00. The molecule has 0 bridgehead atoms. The largest absolute Gasteiger partial charge is 0.412 e. The van der Waals surface area contributed by atoms with Crippen LogP contribution < -0.4 is 49.9 Å². The third-order valence-corrected chi connectivity index (χ3v) is 2.79. The number of rotatable bonds is 12. The highest BCUT2D eigenvalue weighted by Crippen LogP contribution is 1.65.